The molecule has 176 valence electrons. The maximum atomic E-state index is 10.9. The van der Waals surface area contributed by atoms with Crippen molar-refractivity contribution in [1.29, 1.82) is 0 Å². The number of carbonyl (C=O) groups is 1. The standard InChI is InChI=1S/C26H37NO4S/c1-4-23(22-11-12-32-24(22)9-10-25(29)30)31-17-21(28)16-27-26(2,3)15-18-13-19-7-5-6-8-20(19)14-18/h5-8,11-12,18,21,23,27-28H,4,9-10,13-17H2,1-3H3,(H,29,30)/t21-,23?/m1/s1. The predicted molar refractivity (Wildman–Crippen MR) is 129 cm³/mol. The Kier molecular flexibility index (Phi) is 8.88. The third-order valence-electron chi connectivity index (χ3n) is 6.30. The fraction of sp³-hybridized carbons (Fsp3) is 0.577. The molecule has 0 saturated heterocycles. The second-order valence-electron chi connectivity index (χ2n) is 9.59. The van der Waals surface area contributed by atoms with Gasteiger partial charge in [-0.3, -0.25) is 4.79 Å². The fourth-order valence-electron chi connectivity index (χ4n) is 4.76. The maximum absolute atomic E-state index is 10.9. The molecule has 1 unspecified atom stereocenters. The molecule has 0 saturated carbocycles. The largest absolute Gasteiger partial charge is 0.481 e. The van der Waals surface area contributed by atoms with E-state index in [0.29, 0.717) is 18.9 Å². The SMILES string of the molecule is CCC(OC[C@H](O)CNC(C)(C)CC1Cc2ccccc2C1)c1ccsc1CCC(=O)O. The number of carboxylic acids is 1. The van der Waals surface area contributed by atoms with E-state index < -0.39 is 12.1 Å². The summed E-state index contributed by atoms with van der Waals surface area (Å²) in [6.45, 7) is 7.21. The number of hydrogen-bond acceptors (Lipinski definition) is 5. The lowest BCUT2D eigenvalue weighted by atomic mass is 9.88. The number of fused-ring (bicyclic) bond motifs is 1. The zero-order chi connectivity index (χ0) is 23.1. The predicted octanol–water partition coefficient (Wildman–Crippen LogP) is 4.77. The van der Waals surface area contributed by atoms with Crippen LogP contribution in [0, 0.1) is 5.92 Å². The van der Waals surface area contributed by atoms with Gasteiger partial charge in [0.05, 0.1) is 25.2 Å². The summed E-state index contributed by atoms with van der Waals surface area (Å²) in [5.41, 5.74) is 3.95. The zero-order valence-corrected chi connectivity index (χ0v) is 20.3. The van der Waals surface area contributed by atoms with Crippen LogP contribution < -0.4 is 5.32 Å². The normalized spacial score (nSPS) is 16.1. The van der Waals surface area contributed by atoms with Crippen molar-refractivity contribution in [1.82, 2.24) is 5.32 Å². The van der Waals surface area contributed by atoms with Crippen molar-refractivity contribution < 1.29 is 19.7 Å². The third-order valence-corrected chi connectivity index (χ3v) is 7.30. The molecule has 3 rings (SSSR count). The van der Waals surface area contributed by atoms with Crippen molar-refractivity contribution in [2.24, 2.45) is 5.92 Å². The topological polar surface area (TPSA) is 78.8 Å². The Balaban J connectivity index is 1.43. The zero-order valence-electron chi connectivity index (χ0n) is 19.5. The number of aliphatic hydroxyl groups excluding tert-OH is 1. The van der Waals surface area contributed by atoms with Crippen LogP contribution in [0.3, 0.4) is 0 Å². The highest BCUT2D eigenvalue weighted by molar-refractivity contribution is 7.10. The van der Waals surface area contributed by atoms with Crippen LogP contribution in [0.5, 0.6) is 0 Å². The highest BCUT2D eigenvalue weighted by atomic mass is 32.1. The van der Waals surface area contributed by atoms with E-state index in [1.807, 2.05) is 11.4 Å². The van der Waals surface area contributed by atoms with Gasteiger partial charge in [0.15, 0.2) is 0 Å². The van der Waals surface area contributed by atoms with Crippen LogP contribution in [-0.2, 0) is 28.8 Å². The molecule has 0 fully saturated rings. The molecule has 1 heterocycles. The Morgan fingerprint density at radius 2 is 1.94 bits per heavy atom. The van der Waals surface area contributed by atoms with Gasteiger partial charge in [-0.1, -0.05) is 31.2 Å². The number of benzene rings is 1. The average molecular weight is 460 g/mol. The monoisotopic (exact) mass is 459 g/mol. The van der Waals surface area contributed by atoms with Crippen LogP contribution >= 0.6 is 11.3 Å². The van der Waals surface area contributed by atoms with Gasteiger partial charge in [0.2, 0.25) is 0 Å². The van der Waals surface area contributed by atoms with Crippen molar-refractivity contribution in [2.75, 3.05) is 13.2 Å². The first-order valence-electron chi connectivity index (χ1n) is 11.7. The van der Waals surface area contributed by atoms with Gasteiger partial charge in [-0.25, -0.2) is 0 Å². The number of nitrogens with one attached hydrogen (secondary N) is 1. The average Bonchev–Trinajstić information content (AvgIpc) is 3.37. The quantitative estimate of drug-likeness (QED) is 0.402. The molecule has 0 aliphatic heterocycles. The van der Waals surface area contributed by atoms with Crippen LogP contribution in [0.15, 0.2) is 35.7 Å². The summed E-state index contributed by atoms with van der Waals surface area (Å²) in [5.74, 6) is -0.153. The van der Waals surface area contributed by atoms with Crippen molar-refractivity contribution in [3.63, 3.8) is 0 Å². The number of rotatable bonds is 13. The number of aliphatic carboxylic acids is 1. The third kappa shape index (κ3) is 7.14. The summed E-state index contributed by atoms with van der Waals surface area (Å²) < 4.78 is 6.06. The molecule has 32 heavy (non-hydrogen) atoms. The highest BCUT2D eigenvalue weighted by Crippen LogP contribution is 2.32. The van der Waals surface area contributed by atoms with Crippen LogP contribution in [0.1, 0.15) is 67.7 Å². The second kappa shape index (κ2) is 11.4. The van der Waals surface area contributed by atoms with Gasteiger partial charge >= 0.3 is 5.97 Å². The van der Waals surface area contributed by atoms with Crippen molar-refractivity contribution in [3.05, 3.63) is 57.3 Å². The van der Waals surface area contributed by atoms with Crippen LogP contribution in [0.4, 0.5) is 0 Å². The van der Waals surface area contributed by atoms with E-state index in [-0.39, 0.29) is 24.7 Å². The smallest absolute Gasteiger partial charge is 0.303 e. The van der Waals surface area contributed by atoms with E-state index in [0.717, 1.165) is 36.1 Å². The lowest BCUT2D eigenvalue weighted by molar-refractivity contribution is -0.136. The minimum atomic E-state index is -0.788. The number of aryl methyl sites for hydroxylation is 1. The van der Waals surface area contributed by atoms with Crippen molar-refractivity contribution in [2.45, 2.75) is 77.0 Å². The molecule has 3 N–H and O–H groups in total. The van der Waals surface area contributed by atoms with E-state index in [1.54, 1.807) is 11.3 Å². The minimum absolute atomic E-state index is 0.0603. The van der Waals surface area contributed by atoms with E-state index in [4.69, 9.17) is 9.84 Å². The number of aliphatic hydroxyl groups is 1. The number of hydrogen-bond donors (Lipinski definition) is 3. The Morgan fingerprint density at radius 1 is 1.25 bits per heavy atom. The Labute approximate surface area is 195 Å². The first-order chi connectivity index (χ1) is 15.3. The summed E-state index contributed by atoms with van der Waals surface area (Å²) >= 11 is 1.58. The number of carboxylic acid groups (broad SMARTS) is 1. The molecule has 0 amide bonds. The molecule has 0 radical (unpaired) electrons. The molecular formula is C26H37NO4S. The summed E-state index contributed by atoms with van der Waals surface area (Å²) in [5, 5.41) is 25.0. The van der Waals surface area contributed by atoms with Crippen LogP contribution in [-0.4, -0.2) is 41.0 Å². The van der Waals surface area contributed by atoms with Gasteiger partial charge < -0.3 is 20.3 Å². The van der Waals surface area contributed by atoms with E-state index in [2.05, 4.69) is 50.4 Å². The van der Waals surface area contributed by atoms with Crippen molar-refractivity contribution >= 4 is 17.3 Å². The minimum Gasteiger partial charge on any atom is -0.481 e. The lowest BCUT2D eigenvalue weighted by Crippen LogP contribution is -2.45. The van der Waals surface area contributed by atoms with E-state index in [1.165, 1.54) is 11.1 Å². The molecule has 1 aliphatic carbocycles. The van der Waals surface area contributed by atoms with Gasteiger partial charge in [0.1, 0.15) is 0 Å². The van der Waals surface area contributed by atoms with Crippen molar-refractivity contribution in [3.8, 4) is 0 Å². The molecule has 0 spiro atoms. The first kappa shape index (κ1) is 24.9. The van der Waals surface area contributed by atoms with Crippen LogP contribution in [0.2, 0.25) is 0 Å². The van der Waals surface area contributed by atoms with Gasteiger partial charge in [-0.15, -0.1) is 11.3 Å². The highest BCUT2D eigenvalue weighted by Gasteiger charge is 2.28. The van der Waals surface area contributed by atoms with Gasteiger partial charge in [-0.2, -0.15) is 0 Å². The van der Waals surface area contributed by atoms with Gasteiger partial charge in [0, 0.05) is 17.0 Å². The molecule has 1 aromatic heterocycles. The Morgan fingerprint density at radius 3 is 2.56 bits per heavy atom. The molecule has 0 bridgehead atoms. The summed E-state index contributed by atoms with van der Waals surface area (Å²) in [7, 11) is 0. The Bertz CT molecular complexity index is 853. The van der Waals surface area contributed by atoms with Crippen LogP contribution in [0.25, 0.3) is 0 Å². The lowest BCUT2D eigenvalue weighted by Gasteiger charge is -2.31. The molecule has 6 heteroatoms. The molecule has 5 nitrogen and oxygen atoms in total. The summed E-state index contributed by atoms with van der Waals surface area (Å²) in [6.07, 6.45) is 4.05. The molecule has 2 aromatic rings. The first-order valence-corrected chi connectivity index (χ1v) is 12.5. The van der Waals surface area contributed by atoms with E-state index in [9.17, 15) is 9.90 Å². The molecule has 1 aromatic carbocycles. The molecule has 2 atom stereocenters. The Hall–Kier alpha value is -1.73. The summed E-state index contributed by atoms with van der Waals surface area (Å²) in [4.78, 5) is 12.0. The van der Waals surface area contributed by atoms with Gasteiger partial charge in [0.25, 0.3) is 0 Å². The van der Waals surface area contributed by atoms with E-state index >= 15 is 0 Å². The number of β-amino-alcohol motifs (C(OH)–C–C–N with tert-alkyl or cyclic N) is 1. The summed E-state index contributed by atoms with van der Waals surface area (Å²) in [6, 6.07) is 10.7. The molecule has 1 aliphatic rings. The fourth-order valence-corrected chi connectivity index (χ4v) is 5.69. The second-order valence-corrected chi connectivity index (χ2v) is 10.6. The number of ether oxygens (including phenoxy) is 1. The maximum Gasteiger partial charge on any atom is 0.303 e. The molecular weight excluding hydrogens is 422 g/mol. The van der Waals surface area contributed by atoms with Gasteiger partial charge in [-0.05, 0) is 80.0 Å². The number of thiophene rings is 1.